The van der Waals surface area contributed by atoms with E-state index in [9.17, 15) is 0 Å². The SMILES string of the molecule is ClN(Cl)c1ccccc1.c1cnnnc1. The van der Waals surface area contributed by atoms with Gasteiger partial charge in [-0.05, 0) is 23.4 Å². The number of aromatic nitrogens is 3. The number of para-hydroxylation sites is 1. The Balaban J connectivity index is 0.000000162. The summed E-state index contributed by atoms with van der Waals surface area (Å²) in [6, 6.07) is 11.0. The van der Waals surface area contributed by atoms with E-state index in [0.717, 1.165) is 9.63 Å². The summed E-state index contributed by atoms with van der Waals surface area (Å²) in [5, 5.41) is 10.1. The number of benzene rings is 1. The lowest BCUT2D eigenvalue weighted by Crippen LogP contribution is -1.89. The van der Waals surface area contributed by atoms with Crippen molar-refractivity contribution in [2.45, 2.75) is 0 Å². The summed E-state index contributed by atoms with van der Waals surface area (Å²) in [7, 11) is 0. The lowest BCUT2D eigenvalue weighted by atomic mass is 10.3. The number of anilines is 1. The molecule has 0 aliphatic carbocycles. The number of rotatable bonds is 1. The lowest BCUT2D eigenvalue weighted by molar-refractivity contribution is 0.865. The van der Waals surface area contributed by atoms with E-state index < -0.39 is 0 Å². The zero-order valence-corrected chi connectivity index (χ0v) is 9.18. The zero-order chi connectivity index (χ0) is 10.9. The van der Waals surface area contributed by atoms with E-state index in [0.29, 0.717) is 0 Å². The predicted molar refractivity (Wildman–Crippen MR) is 60.5 cm³/mol. The van der Waals surface area contributed by atoms with Gasteiger partial charge in [-0.15, -0.1) is 10.2 Å². The van der Waals surface area contributed by atoms with Gasteiger partial charge < -0.3 is 0 Å². The molecule has 0 N–H and O–H groups in total. The molecule has 78 valence electrons. The van der Waals surface area contributed by atoms with Crippen molar-refractivity contribution in [3.8, 4) is 0 Å². The Morgan fingerprint density at radius 2 is 1.47 bits per heavy atom. The van der Waals surface area contributed by atoms with Crippen molar-refractivity contribution in [3.05, 3.63) is 48.8 Å². The molecule has 15 heavy (non-hydrogen) atoms. The van der Waals surface area contributed by atoms with Crippen LogP contribution in [-0.2, 0) is 0 Å². The maximum atomic E-state index is 5.40. The average molecular weight is 243 g/mol. The van der Waals surface area contributed by atoms with Crippen molar-refractivity contribution >= 4 is 29.2 Å². The Morgan fingerprint density at radius 1 is 0.867 bits per heavy atom. The van der Waals surface area contributed by atoms with Crippen LogP contribution in [0, 0.1) is 0 Å². The molecule has 1 heterocycles. The molecule has 0 unspecified atom stereocenters. The van der Waals surface area contributed by atoms with Gasteiger partial charge in [0, 0.05) is 23.6 Å². The molecule has 0 aliphatic rings. The van der Waals surface area contributed by atoms with Crippen molar-refractivity contribution in [3.63, 3.8) is 0 Å². The second-order valence-corrected chi connectivity index (χ2v) is 3.23. The first-order valence-electron chi connectivity index (χ1n) is 4.06. The first-order valence-corrected chi connectivity index (χ1v) is 4.73. The van der Waals surface area contributed by atoms with Gasteiger partial charge in [0.15, 0.2) is 0 Å². The van der Waals surface area contributed by atoms with Gasteiger partial charge in [-0.3, -0.25) is 0 Å². The van der Waals surface area contributed by atoms with Crippen LogP contribution in [0.3, 0.4) is 0 Å². The lowest BCUT2D eigenvalue weighted by Gasteiger charge is -2.02. The molecule has 4 nitrogen and oxygen atoms in total. The second kappa shape index (κ2) is 6.98. The molecular weight excluding hydrogens is 235 g/mol. The predicted octanol–water partition coefficient (Wildman–Crippen LogP) is 2.67. The minimum absolute atomic E-state index is 0.779. The summed E-state index contributed by atoms with van der Waals surface area (Å²) in [6.07, 6.45) is 3.15. The standard InChI is InChI=1S/C6H5Cl2N.C3H3N3/c7-9(8)6-4-2-1-3-5-6;1-2-4-6-5-3-1/h1-5H;1-3H. The molecule has 0 saturated carbocycles. The number of halogens is 2. The van der Waals surface area contributed by atoms with E-state index in [1.54, 1.807) is 18.5 Å². The maximum Gasteiger partial charge on any atom is 0.0709 e. The Labute approximate surface area is 97.7 Å². The van der Waals surface area contributed by atoms with Gasteiger partial charge in [0.05, 0.1) is 18.1 Å². The highest BCUT2D eigenvalue weighted by Crippen LogP contribution is 2.16. The van der Waals surface area contributed by atoms with E-state index in [4.69, 9.17) is 23.6 Å². The van der Waals surface area contributed by atoms with E-state index in [1.165, 1.54) is 0 Å². The van der Waals surface area contributed by atoms with Crippen LogP contribution in [0.2, 0.25) is 0 Å². The highest BCUT2D eigenvalue weighted by Gasteiger charge is 1.93. The highest BCUT2D eigenvalue weighted by atomic mass is 35.5. The van der Waals surface area contributed by atoms with Crippen molar-refractivity contribution < 1.29 is 0 Å². The van der Waals surface area contributed by atoms with E-state index in [-0.39, 0.29) is 0 Å². The highest BCUT2D eigenvalue weighted by molar-refractivity contribution is 6.49. The van der Waals surface area contributed by atoms with Gasteiger partial charge >= 0.3 is 0 Å². The van der Waals surface area contributed by atoms with Gasteiger partial charge in [0.2, 0.25) is 0 Å². The van der Waals surface area contributed by atoms with E-state index in [1.807, 2.05) is 30.3 Å². The minimum atomic E-state index is 0.779. The third-order valence-corrected chi connectivity index (χ3v) is 1.75. The van der Waals surface area contributed by atoms with Gasteiger partial charge in [0.1, 0.15) is 0 Å². The van der Waals surface area contributed by atoms with Crippen LogP contribution in [-0.4, -0.2) is 15.4 Å². The molecule has 0 spiro atoms. The molecule has 2 rings (SSSR count). The summed E-state index contributed by atoms with van der Waals surface area (Å²) >= 11 is 10.8. The quantitative estimate of drug-likeness (QED) is 0.722. The Bertz CT molecular complexity index is 328. The number of hydrogen-bond acceptors (Lipinski definition) is 4. The zero-order valence-electron chi connectivity index (χ0n) is 7.66. The fourth-order valence-corrected chi connectivity index (χ4v) is 0.971. The molecule has 2 aromatic rings. The number of nitrogens with zero attached hydrogens (tertiary/aromatic N) is 4. The summed E-state index contributed by atoms with van der Waals surface area (Å²) < 4.78 is 1.03. The van der Waals surface area contributed by atoms with Crippen molar-refractivity contribution in [1.82, 2.24) is 15.4 Å². The molecule has 6 heteroatoms. The first kappa shape index (κ1) is 11.7. The first-order chi connectivity index (χ1) is 7.30. The third kappa shape index (κ3) is 5.15. The van der Waals surface area contributed by atoms with Crippen LogP contribution >= 0.6 is 23.6 Å². The third-order valence-electron chi connectivity index (χ3n) is 1.36. The Hall–Kier alpha value is -1.39. The average Bonchev–Trinajstić information content (AvgIpc) is 2.33. The fraction of sp³-hybridized carbons (Fsp3) is 0. The van der Waals surface area contributed by atoms with Crippen molar-refractivity contribution in [2.75, 3.05) is 3.94 Å². The van der Waals surface area contributed by atoms with Gasteiger partial charge in [-0.25, -0.2) is 0 Å². The van der Waals surface area contributed by atoms with Gasteiger partial charge in [-0.1, -0.05) is 18.2 Å². The largest absolute Gasteiger partial charge is 0.194 e. The van der Waals surface area contributed by atoms with Crippen LogP contribution in [0.25, 0.3) is 0 Å². The maximum absolute atomic E-state index is 5.40. The molecule has 1 aromatic carbocycles. The Kier molecular flexibility index (Phi) is 5.43. The summed E-state index contributed by atoms with van der Waals surface area (Å²) in [5.74, 6) is 0. The van der Waals surface area contributed by atoms with Crippen LogP contribution < -0.4 is 3.94 Å². The molecule has 0 radical (unpaired) electrons. The van der Waals surface area contributed by atoms with Crippen molar-refractivity contribution in [1.29, 1.82) is 0 Å². The summed E-state index contributed by atoms with van der Waals surface area (Å²) in [4.78, 5) is 0. The van der Waals surface area contributed by atoms with E-state index >= 15 is 0 Å². The molecule has 0 atom stereocenters. The second-order valence-electron chi connectivity index (χ2n) is 2.38. The van der Waals surface area contributed by atoms with Gasteiger partial charge in [-0.2, -0.15) is 3.94 Å². The topological polar surface area (TPSA) is 41.9 Å². The molecule has 1 aromatic heterocycles. The monoisotopic (exact) mass is 242 g/mol. The Morgan fingerprint density at radius 3 is 1.73 bits per heavy atom. The normalized spacial score (nSPS) is 8.67. The van der Waals surface area contributed by atoms with E-state index in [2.05, 4.69) is 15.4 Å². The summed E-state index contributed by atoms with van der Waals surface area (Å²) in [5.41, 5.74) is 0.779. The van der Waals surface area contributed by atoms with Crippen LogP contribution in [0.1, 0.15) is 0 Å². The van der Waals surface area contributed by atoms with Crippen LogP contribution in [0.15, 0.2) is 48.8 Å². The molecule has 0 bridgehead atoms. The smallest absolute Gasteiger partial charge is 0.0709 e. The molecule has 0 saturated heterocycles. The summed E-state index contributed by atoms with van der Waals surface area (Å²) in [6.45, 7) is 0. The number of hydrogen-bond donors (Lipinski definition) is 0. The molecule has 0 fully saturated rings. The van der Waals surface area contributed by atoms with Crippen LogP contribution in [0.4, 0.5) is 5.69 Å². The molecular formula is C9H8Cl2N4. The minimum Gasteiger partial charge on any atom is -0.194 e. The van der Waals surface area contributed by atoms with Crippen molar-refractivity contribution in [2.24, 2.45) is 0 Å². The molecule has 0 aliphatic heterocycles. The van der Waals surface area contributed by atoms with Gasteiger partial charge in [0.25, 0.3) is 0 Å². The van der Waals surface area contributed by atoms with Crippen LogP contribution in [0.5, 0.6) is 0 Å². The molecule has 0 amide bonds. The fourth-order valence-electron chi connectivity index (χ4n) is 0.746.